The van der Waals surface area contributed by atoms with Gasteiger partial charge >= 0.3 is 0 Å². The van der Waals surface area contributed by atoms with Crippen LogP contribution in [-0.4, -0.2) is 37.6 Å². The van der Waals surface area contributed by atoms with Crippen molar-refractivity contribution in [2.75, 3.05) is 32.7 Å². The van der Waals surface area contributed by atoms with E-state index in [1.165, 1.54) is 90.5 Å². The van der Waals surface area contributed by atoms with E-state index in [1.807, 2.05) is 0 Å². The monoisotopic (exact) mass is 282 g/mol. The lowest BCUT2D eigenvalue weighted by molar-refractivity contribution is 0.126. The molecule has 1 saturated carbocycles. The summed E-state index contributed by atoms with van der Waals surface area (Å²) >= 11 is 0. The average molecular weight is 283 g/mol. The molecule has 0 radical (unpaired) electrons. The van der Waals surface area contributed by atoms with Crippen molar-refractivity contribution < 1.29 is 0 Å². The van der Waals surface area contributed by atoms with Crippen molar-refractivity contribution in [1.82, 2.24) is 10.2 Å². The van der Waals surface area contributed by atoms with Crippen molar-refractivity contribution in [1.29, 1.82) is 0 Å². The highest BCUT2D eigenvalue weighted by Crippen LogP contribution is 2.35. The van der Waals surface area contributed by atoms with Crippen LogP contribution >= 0.6 is 0 Å². The fourth-order valence-corrected chi connectivity index (χ4v) is 3.78. The molecule has 0 aromatic carbocycles. The first-order valence-corrected chi connectivity index (χ1v) is 9.19. The predicted octanol–water partition coefficient (Wildman–Crippen LogP) is 4.45. The fourth-order valence-electron chi connectivity index (χ4n) is 3.78. The van der Waals surface area contributed by atoms with E-state index in [2.05, 4.69) is 31.0 Å². The molecule has 1 N–H and O–H groups in total. The molecule has 2 heteroatoms. The van der Waals surface area contributed by atoms with Crippen LogP contribution in [0.3, 0.4) is 0 Å². The summed E-state index contributed by atoms with van der Waals surface area (Å²) in [6, 6.07) is 0. The Kier molecular flexibility index (Phi) is 9.54. The molecule has 0 heterocycles. The number of rotatable bonds is 10. The minimum Gasteiger partial charge on any atom is -0.316 e. The fraction of sp³-hybridized carbons (Fsp3) is 1.00. The molecule has 1 aliphatic rings. The molecule has 0 saturated heterocycles. The van der Waals surface area contributed by atoms with Gasteiger partial charge in [-0.3, -0.25) is 0 Å². The maximum atomic E-state index is 3.74. The molecular formula is C18H38N2. The molecule has 0 aliphatic heterocycles. The van der Waals surface area contributed by atoms with Gasteiger partial charge in [0.1, 0.15) is 0 Å². The quantitative estimate of drug-likeness (QED) is 0.470. The predicted molar refractivity (Wildman–Crippen MR) is 90.3 cm³/mol. The Morgan fingerprint density at radius 2 is 1.45 bits per heavy atom. The first-order chi connectivity index (χ1) is 9.76. The third kappa shape index (κ3) is 6.58. The molecule has 0 bridgehead atoms. The van der Waals surface area contributed by atoms with Gasteiger partial charge in [0, 0.05) is 13.1 Å². The van der Waals surface area contributed by atoms with Crippen molar-refractivity contribution in [3.63, 3.8) is 0 Å². The van der Waals surface area contributed by atoms with Crippen LogP contribution in [0.5, 0.6) is 0 Å². The number of hydrogen-bond donors (Lipinski definition) is 1. The van der Waals surface area contributed by atoms with Gasteiger partial charge in [0.05, 0.1) is 0 Å². The number of nitrogens with one attached hydrogen (secondary N) is 1. The van der Waals surface area contributed by atoms with Crippen molar-refractivity contribution in [2.45, 2.75) is 78.6 Å². The summed E-state index contributed by atoms with van der Waals surface area (Å²) in [4.78, 5) is 2.74. The maximum absolute atomic E-state index is 3.74. The van der Waals surface area contributed by atoms with Crippen LogP contribution in [0.15, 0.2) is 0 Å². The third-order valence-electron chi connectivity index (χ3n) is 4.73. The highest BCUT2D eigenvalue weighted by Gasteiger charge is 2.32. The topological polar surface area (TPSA) is 15.3 Å². The van der Waals surface area contributed by atoms with Gasteiger partial charge in [0.15, 0.2) is 0 Å². The first kappa shape index (κ1) is 18.0. The summed E-state index contributed by atoms with van der Waals surface area (Å²) in [5.74, 6) is 0. The van der Waals surface area contributed by atoms with Crippen LogP contribution in [0.2, 0.25) is 0 Å². The second kappa shape index (κ2) is 10.6. The lowest BCUT2D eigenvalue weighted by atomic mass is 9.79. The Bertz CT molecular complexity index is 213. The molecule has 0 spiro atoms. The minimum atomic E-state index is 0.552. The van der Waals surface area contributed by atoms with E-state index < -0.39 is 0 Å². The van der Waals surface area contributed by atoms with Gasteiger partial charge in [0.2, 0.25) is 0 Å². The van der Waals surface area contributed by atoms with E-state index in [0.29, 0.717) is 5.41 Å². The Hall–Kier alpha value is -0.0800. The largest absolute Gasteiger partial charge is 0.316 e. The van der Waals surface area contributed by atoms with Gasteiger partial charge in [-0.15, -0.1) is 0 Å². The summed E-state index contributed by atoms with van der Waals surface area (Å²) < 4.78 is 0. The van der Waals surface area contributed by atoms with Crippen LogP contribution < -0.4 is 5.32 Å². The molecule has 20 heavy (non-hydrogen) atoms. The maximum Gasteiger partial charge on any atom is 0.00501 e. The molecule has 0 aromatic heterocycles. The lowest BCUT2D eigenvalue weighted by Gasteiger charge is -2.38. The third-order valence-corrected chi connectivity index (χ3v) is 4.73. The van der Waals surface area contributed by atoms with Gasteiger partial charge in [-0.25, -0.2) is 0 Å². The summed E-state index contributed by atoms with van der Waals surface area (Å²) in [5.41, 5.74) is 0.552. The average Bonchev–Trinajstić information content (AvgIpc) is 2.66. The molecule has 120 valence electrons. The SMILES string of the molecule is CCCNCC1(CN(CCC)CCC)CCCCCC1. The zero-order chi connectivity index (χ0) is 14.7. The standard InChI is InChI=1S/C18H38N2/c1-4-13-19-16-18(11-9-7-8-10-12-18)17-20(14-5-2)15-6-3/h19H,4-17H2,1-3H3. The van der Waals surface area contributed by atoms with Gasteiger partial charge in [0.25, 0.3) is 0 Å². The molecular weight excluding hydrogens is 244 g/mol. The summed E-state index contributed by atoms with van der Waals surface area (Å²) in [6.07, 6.45) is 12.5. The van der Waals surface area contributed by atoms with E-state index >= 15 is 0 Å². The molecule has 0 aromatic rings. The van der Waals surface area contributed by atoms with Gasteiger partial charge in [-0.1, -0.05) is 46.5 Å². The van der Waals surface area contributed by atoms with Crippen LogP contribution in [0.4, 0.5) is 0 Å². The molecule has 1 aliphatic carbocycles. The summed E-state index contributed by atoms with van der Waals surface area (Å²) in [7, 11) is 0. The van der Waals surface area contributed by atoms with E-state index in [-0.39, 0.29) is 0 Å². The normalized spacial score (nSPS) is 19.2. The molecule has 0 amide bonds. The van der Waals surface area contributed by atoms with Gasteiger partial charge in [-0.05, 0) is 57.2 Å². The van der Waals surface area contributed by atoms with Crippen LogP contribution in [0, 0.1) is 5.41 Å². The molecule has 0 atom stereocenters. The highest BCUT2D eigenvalue weighted by molar-refractivity contribution is 4.87. The van der Waals surface area contributed by atoms with Crippen molar-refractivity contribution in [3.8, 4) is 0 Å². The van der Waals surface area contributed by atoms with Crippen LogP contribution in [0.1, 0.15) is 78.6 Å². The summed E-state index contributed by atoms with van der Waals surface area (Å²) in [5, 5.41) is 3.74. The Balaban J connectivity index is 2.62. The van der Waals surface area contributed by atoms with Crippen molar-refractivity contribution >= 4 is 0 Å². The van der Waals surface area contributed by atoms with E-state index in [4.69, 9.17) is 0 Å². The Morgan fingerprint density at radius 3 is 1.95 bits per heavy atom. The first-order valence-electron chi connectivity index (χ1n) is 9.19. The van der Waals surface area contributed by atoms with Crippen molar-refractivity contribution in [2.24, 2.45) is 5.41 Å². The number of nitrogens with zero attached hydrogens (tertiary/aromatic N) is 1. The molecule has 1 fully saturated rings. The van der Waals surface area contributed by atoms with Crippen molar-refractivity contribution in [3.05, 3.63) is 0 Å². The smallest absolute Gasteiger partial charge is 0.00501 e. The molecule has 0 unspecified atom stereocenters. The second-order valence-electron chi connectivity index (χ2n) is 6.87. The zero-order valence-electron chi connectivity index (χ0n) is 14.3. The van der Waals surface area contributed by atoms with E-state index in [9.17, 15) is 0 Å². The Morgan fingerprint density at radius 1 is 0.850 bits per heavy atom. The lowest BCUT2D eigenvalue weighted by Crippen LogP contribution is -2.44. The highest BCUT2D eigenvalue weighted by atomic mass is 15.1. The van der Waals surface area contributed by atoms with Crippen LogP contribution in [0.25, 0.3) is 0 Å². The second-order valence-corrected chi connectivity index (χ2v) is 6.87. The molecule has 2 nitrogen and oxygen atoms in total. The Labute approximate surface area is 127 Å². The van der Waals surface area contributed by atoms with Crippen LogP contribution in [-0.2, 0) is 0 Å². The van der Waals surface area contributed by atoms with E-state index in [1.54, 1.807) is 0 Å². The van der Waals surface area contributed by atoms with Gasteiger partial charge in [-0.2, -0.15) is 0 Å². The number of hydrogen-bond acceptors (Lipinski definition) is 2. The minimum absolute atomic E-state index is 0.552. The molecule has 1 rings (SSSR count). The van der Waals surface area contributed by atoms with E-state index in [0.717, 1.165) is 0 Å². The zero-order valence-corrected chi connectivity index (χ0v) is 14.3. The van der Waals surface area contributed by atoms with Gasteiger partial charge < -0.3 is 10.2 Å². The summed E-state index contributed by atoms with van der Waals surface area (Å²) in [6.45, 7) is 13.2.